The van der Waals surface area contributed by atoms with E-state index in [1.165, 1.54) is 24.4 Å². The van der Waals surface area contributed by atoms with Crippen LogP contribution in [0.3, 0.4) is 0 Å². The van der Waals surface area contributed by atoms with Gasteiger partial charge in [0, 0.05) is 18.9 Å². The van der Waals surface area contributed by atoms with E-state index < -0.39 is 0 Å². The summed E-state index contributed by atoms with van der Waals surface area (Å²) in [6.07, 6.45) is 5.65. The van der Waals surface area contributed by atoms with Gasteiger partial charge in [-0.05, 0) is 36.7 Å². The van der Waals surface area contributed by atoms with E-state index >= 15 is 0 Å². The molecule has 0 saturated heterocycles. The van der Waals surface area contributed by atoms with Crippen LogP contribution < -0.4 is 5.73 Å². The third-order valence-electron chi connectivity index (χ3n) is 2.62. The van der Waals surface area contributed by atoms with E-state index in [0.717, 1.165) is 36.0 Å². The molecular formula is C10H17N3S. The highest BCUT2D eigenvalue weighted by Crippen LogP contribution is 2.33. The topological polar surface area (TPSA) is 51.8 Å². The Morgan fingerprint density at radius 2 is 2.36 bits per heavy atom. The smallest absolute Gasteiger partial charge is 0.142 e. The van der Waals surface area contributed by atoms with E-state index in [2.05, 4.69) is 16.3 Å². The summed E-state index contributed by atoms with van der Waals surface area (Å²) in [5.41, 5.74) is 6.03. The summed E-state index contributed by atoms with van der Waals surface area (Å²) in [5, 5.41) is 1.12. The highest BCUT2D eigenvalue weighted by molar-refractivity contribution is 7.05. The van der Waals surface area contributed by atoms with Crippen LogP contribution in [-0.4, -0.2) is 15.4 Å². The molecule has 1 aromatic heterocycles. The molecule has 0 amide bonds. The first-order chi connectivity index (χ1) is 6.79. The van der Waals surface area contributed by atoms with E-state index in [4.69, 9.17) is 5.73 Å². The second-order valence-corrected chi connectivity index (χ2v) is 4.90. The Labute approximate surface area is 88.9 Å². The van der Waals surface area contributed by atoms with Crippen molar-refractivity contribution in [1.29, 1.82) is 0 Å². The van der Waals surface area contributed by atoms with Crippen LogP contribution in [0.2, 0.25) is 0 Å². The van der Waals surface area contributed by atoms with Crippen LogP contribution >= 0.6 is 11.5 Å². The van der Waals surface area contributed by atoms with Crippen molar-refractivity contribution in [2.45, 2.75) is 45.1 Å². The third-order valence-corrected chi connectivity index (χ3v) is 3.39. The van der Waals surface area contributed by atoms with Crippen molar-refractivity contribution in [1.82, 2.24) is 9.36 Å². The molecular weight excluding hydrogens is 194 g/mol. The number of rotatable bonds is 5. The Balaban J connectivity index is 1.88. The molecule has 1 aliphatic carbocycles. The van der Waals surface area contributed by atoms with E-state index in [-0.39, 0.29) is 0 Å². The van der Waals surface area contributed by atoms with Crippen molar-refractivity contribution in [3.63, 3.8) is 0 Å². The molecule has 1 aromatic rings. The summed E-state index contributed by atoms with van der Waals surface area (Å²) >= 11 is 1.52. The fourth-order valence-corrected chi connectivity index (χ4v) is 2.35. The molecule has 0 aliphatic heterocycles. The largest absolute Gasteiger partial charge is 0.327 e. The number of aryl methyl sites for hydroxylation is 1. The second-order valence-electron chi connectivity index (χ2n) is 4.06. The third kappa shape index (κ3) is 2.51. The van der Waals surface area contributed by atoms with E-state index in [9.17, 15) is 0 Å². The van der Waals surface area contributed by atoms with Gasteiger partial charge in [0.15, 0.2) is 0 Å². The first-order valence-corrected chi connectivity index (χ1v) is 6.14. The Morgan fingerprint density at radius 1 is 1.57 bits per heavy atom. The van der Waals surface area contributed by atoms with E-state index in [1.54, 1.807) is 0 Å². The van der Waals surface area contributed by atoms with Crippen LogP contribution in [0.1, 0.15) is 37.0 Å². The molecule has 1 fully saturated rings. The number of nitrogens with zero attached hydrogens (tertiary/aromatic N) is 2. The second kappa shape index (κ2) is 4.36. The fourth-order valence-electron chi connectivity index (χ4n) is 1.59. The number of hydrogen-bond acceptors (Lipinski definition) is 4. The SMILES string of the molecule is CCCc1nsc(CC(N)C2CC2)n1. The lowest BCUT2D eigenvalue weighted by atomic mass is 10.1. The van der Waals surface area contributed by atoms with Crippen LogP contribution in [0.5, 0.6) is 0 Å². The van der Waals surface area contributed by atoms with Gasteiger partial charge in [0.05, 0.1) is 0 Å². The van der Waals surface area contributed by atoms with Gasteiger partial charge in [-0.2, -0.15) is 4.37 Å². The van der Waals surface area contributed by atoms with Crippen molar-refractivity contribution in [2.24, 2.45) is 11.7 Å². The van der Waals surface area contributed by atoms with Crippen molar-refractivity contribution < 1.29 is 0 Å². The van der Waals surface area contributed by atoms with Gasteiger partial charge in [-0.1, -0.05) is 6.92 Å². The summed E-state index contributed by atoms with van der Waals surface area (Å²) in [6.45, 7) is 2.15. The molecule has 1 aliphatic rings. The predicted molar refractivity (Wildman–Crippen MR) is 58.3 cm³/mol. The molecule has 14 heavy (non-hydrogen) atoms. The van der Waals surface area contributed by atoms with Crippen molar-refractivity contribution in [3.05, 3.63) is 10.8 Å². The monoisotopic (exact) mass is 211 g/mol. The summed E-state index contributed by atoms with van der Waals surface area (Å²) < 4.78 is 4.31. The van der Waals surface area contributed by atoms with Crippen molar-refractivity contribution >= 4 is 11.5 Å². The fraction of sp³-hybridized carbons (Fsp3) is 0.800. The van der Waals surface area contributed by atoms with Gasteiger partial charge in [0.25, 0.3) is 0 Å². The normalized spacial score (nSPS) is 18.4. The van der Waals surface area contributed by atoms with Gasteiger partial charge in [0.1, 0.15) is 10.8 Å². The quantitative estimate of drug-likeness (QED) is 0.807. The zero-order valence-corrected chi connectivity index (χ0v) is 9.39. The lowest BCUT2D eigenvalue weighted by molar-refractivity contribution is 0.589. The number of nitrogens with two attached hydrogens (primary N) is 1. The van der Waals surface area contributed by atoms with Crippen molar-refractivity contribution in [3.8, 4) is 0 Å². The average Bonchev–Trinajstić information content (AvgIpc) is 2.92. The Bertz CT molecular complexity index is 293. The molecule has 0 bridgehead atoms. The first-order valence-electron chi connectivity index (χ1n) is 5.36. The summed E-state index contributed by atoms with van der Waals surface area (Å²) in [7, 11) is 0. The zero-order chi connectivity index (χ0) is 9.97. The molecule has 1 unspecified atom stereocenters. The summed E-state index contributed by atoms with van der Waals surface area (Å²) in [4.78, 5) is 4.48. The van der Waals surface area contributed by atoms with Crippen LogP contribution in [0.4, 0.5) is 0 Å². The highest BCUT2D eigenvalue weighted by atomic mass is 32.1. The maximum atomic E-state index is 6.03. The van der Waals surface area contributed by atoms with Gasteiger partial charge in [-0.15, -0.1) is 0 Å². The molecule has 78 valence electrons. The van der Waals surface area contributed by atoms with Crippen LogP contribution in [0, 0.1) is 5.92 Å². The highest BCUT2D eigenvalue weighted by Gasteiger charge is 2.29. The van der Waals surface area contributed by atoms with Gasteiger partial charge >= 0.3 is 0 Å². The summed E-state index contributed by atoms with van der Waals surface area (Å²) in [6, 6.07) is 0.317. The first kappa shape index (κ1) is 10.1. The van der Waals surface area contributed by atoms with Crippen molar-refractivity contribution in [2.75, 3.05) is 0 Å². The molecule has 3 nitrogen and oxygen atoms in total. The number of aromatic nitrogens is 2. The molecule has 1 saturated carbocycles. The molecule has 0 spiro atoms. The minimum Gasteiger partial charge on any atom is -0.327 e. The van der Waals surface area contributed by atoms with E-state index in [1.807, 2.05) is 0 Å². The lowest BCUT2D eigenvalue weighted by Crippen LogP contribution is -2.24. The molecule has 2 rings (SSSR count). The van der Waals surface area contributed by atoms with Crippen LogP contribution in [0.25, 0.3) is 0 Å². The maximum absolute atomic E-state index is 6.03. The van der Waals surface area contributed by atoms with E-state index in [0.29, 0.717) is 6.04 Å². The maximum Gasteiger partial charge on any atom is 0.142 e. The van der Waals surface area contributed by atoms with Gasteiger partial charge in [0.2, 0.25) is 0 Å². The number of hydrogen-bond donors (Lipinski definition) is 1. The molecule has 0 aromatic carbocycles. The van der Waals surface area contributed by atoms with Gasteiger partial charge in [-0.3, -0.25) is 0 Å². The minimum absolute atomic E-state index is 0.317. The molecule has 4 heteroatoms. The molecule has 1 atom stereocenters. The zero-order valence-electron chi connectivity index (χ0n) is 8.57. The lowest BCUT2D eigenvalue weighted by Gasteiger charge is -2.05. The molecule has 2 N–H and O–H groups in total. The van der Waals surface area contributed by atoms with Crippen LogP contribution in [-0.2, 0) is 12.8 Å². The Morgan fingerprint density at radius 3 is 3.00 bits per heavy atom. The molecule has 0 radical (unpaired) electrons. The summed E-state index contributed by atoms with van der Waals surface area (Å²) in [5.74, 6) is 1.75. The Hall–Kier alpha value is -0.480. The minimum atomic E-state index is 0.317. The Kier molecular flexibility index (Phi) is 3.13. The standard InChI is InChI=1S/C10H17N3S/c1-2-3-9-12-10(14-13-9)6-8(11)7-4-5-7/h7-8H,2-6,11H2,1H3. The van der Waals surface area contributed by atoms with Crippen LogP contribution in [0.15, 0.2) is 0 Å². The average molecular weight is 211 g/mol. The predicted octanol–water partition coefficient (Wildman–Crippen LogP) is 1.77. The van der Waals surface area contributed by atoms with Gasteiger partial charge < -0.3 is 5.73 Å². The van der Waals surface area contributed by atoms with Gasteiger partial charge in [-0.25, -0.2) is 4.98 Å². The molecule has 1 heterocycles.